The Bertz CT molecular complexity index is 1950. The maximum atomic E-state index is 14.0. The molecule has 0 amide bonds. The first kappa shape index (κ1) is 32.1. The average Bonchev–Trinajstić information content (AvgIpc) is 3.35. The molecule has 0 saturated carbocycles. The number of aryl methyl sites for hydroxylation is 1. The van der Waals surface area contributed by atoms with E-state index in [1.54, 1.807) is 25.3 Å². The number of fused-ring (bicyclic) bond motifs is 1. The molecule has 1 aromatic heterocycles. The van der Waals surface area contributed by atoms with Crippen LogP contribution in [-0.2, 0) is 16.1 Å². The highest BCUT2D eigenvalue weighted by molar-refractivity contribution is 9.10. The lowest BCUT2D eigenvalue weighted by atomic mass is 9.97. The maximum Gasteiger partial charge on any atom is 0.337 e. The molecule has 234 valence electrons. The van der Waals surface area contributed by atoms with Crippen LogP contribution in [0.4, 0.5) is 0 Å². The second kappa shape index (κ2) is 14.2. The minimum absolute atomic E-state index is 0.223. The van der Waals surface area contributed by atoms with Gasteiger partial charge in [0.25, 0.3) is 5.56 Å². The van der Waals surface area contributed by atoms with E-state index in [1.807, 2.05) is 57.2 Å². The highest BCUT2D eigenvalue weighted by atomic mass is 79.9. The first-order valence-electron chi connectivity index (χ1n) is 14.3. The predicted octanol–water partition coefficient (Wildman–Crippen LogP) is 5.47. The van der Waals surface area contributed by atoms with Gasteiger partial charge in [-0.05, 0) is 67.8 Å². The van der Waals surface area contributed by atoms with Crippen LogP contribution in [0.25, 0.3) is 6.08 Å². The molecule has 0 unspecified atom stereocenters. The van der Waals surface area contributed by atoms with Crippen molar-refractivity contribution in [2.24, 2.45) is 4.99 Å². The van der Waals surface area contributed by atoms with E-state index in [1.165, 1.54) is 29.2 Å². The fourth-order valence-electron chi connectivity index (χ4n) is 5.03. The molecule has 5 rings (SSSR count). The van der Waals surface area contributed by atoms with Gasteiger partial charge in [0.1, 0.15) is 6.61 Å². The van der Waals surface area contributed by atoms with Gasteiger partial charge in [-0.25, -0.2) is 9.79 Å². The van der Waals surface area contributed by atoms with Crippen LogP contribution in [0.3, 0.4) is 0 Å². The number of halogens is 1. The molecule has 0 aliphatic carbocycles. The van der Waals surface area contributed by atoms with Crippen molar-refractivity contribution in [1.82, 2.24) is 4.57 Å². The summed E-state index contributed by atoms with van der Waals surface area (Å²) in [6.07, 6.45) is 3.23. The Balaban J connectivity index is 1.57. The number of thiazole rings is 1. The Morgan fingerprint density at radius 1 is 0.978 bits per heavy atom. The smallest absolute Gasteiger partial charge is 0.337 e. The average molecular weight is 694 g/mol. The van der Waals surface area contributed by atoms with Crippen LogP contribution >= 0.6 is 27.3 Å². The van der Waals surface area contributed by atoms with Gasteiger partial charge in [0.2, 0.25) is 0 Å². The van der Waals surface area contributed by atoms with E-state index in [0.717, 1.165) is 11.1 Å². The number of ether oxygens (including phenoxy) is 5. The molecule has 0 bridgehead atoms. The quantitative estimate of drug-likeness (QED) is 0.192. The fourth-order valence-corrected chi connectivity index (χ4v) is 6.42. The summed E-state index contributed by atoms with van der Waals surface area (Å²) in [7, 11) is 2.87. The highest BCUT2D eigenvalue weighted by Crippen LogP contribution is 2.36. The lowest BCUT2D eigenvalue weighted by Gasteiger charge is -2.23. The van der Waals surface area contributed by atoms with Crippen LogP contribution in [0.2, 0.25) is 0 Å². The lowest BCUT2D eigenvalue weighted by Crippen LogP contribution is -2.39. The number of carbonyl (C=O) groups is 1. The molecule has 45 heavy (non-hydrogen) atoms. The van der Waals surface area contributed by atoms with Crippen LogP contribution in [0, 0.1) is 6.92 Å². The van der Waals surface area contributed by atoms with Gasteiger partial charge in [0, 0.05) is 10.7 Å². The van der Waals surface area contributed by atoms with Crippen LogP contribution in [0.5, 0.6) is 23.0 Å². The van der Waals surface area contributed by atoms with Gasteiger partial charge in [-0.3, -0.25) is 9.36 Å². The van der Waals surface area contributed by atoms with Crippen molar-refractivity contribution >= 4 is 39.3 Å². The van der Waals surface area contributed by atoms with Gasteiger partial charge in [-0.15, -0.1) is 0 Å². The number of carbonyl (C=O) groups excluding carboxylic acids is 1. The number of aromatic nitrogens is 1. The normalized spacial score (nSPS) is 14.2. The fraction of sp³-hybridized carbons (Fsp3) is 0.265. The second-order valence-corrected chi connectivity index (χ2v) is 11.9. The second-order valence-electron chi connectivity index (χ2n) is 10.1. The molecule has 4 aromatic rings. The Labute approximate surface area is 273 Å². The molecule has 0 radical (unpaired) electrons. The number of benzene rings is 3. The minimum atomic E-state index is -0.791. The summed E-state index contributed by atoms with van der Waals surface area (Å²) in [5, 5.41) is 0. The molecule has 11 heteroatoms. The first-order valence-corrected chi connectivity index (χ1v) is 15.9. The molecule has 1 atom stereocenters. The molecule has 0 spiro atoms. The van der Waals surface area contributed by atoms with Crippen LogP contribution in [0.15, 0.2) is 80.6 Å². The number of methoxy groups -OCH3 is 2. The Kier molecular flexibility index (Phi) is 10.1. The largest absolute Gasteiger partial charge is 0.493 e. The van der Waals surface area contributed by atoms with E-state index < -0.39 is 12.0 Å². The van der Waals surface area contributed by atoms with Crippen molar-refractivity contribution in [2.45, 2.75) is 33.4 Å². The summed E-state index contributed by atoms with van der Waals surface area (Å²) in [4.78, 5) is 31.8. The predicted molar refractivity (Wildman–Crippen MR) is 176 cm³/mol. The van der Waals surface area contributed by atoms with Crippen molar-refractivity contribution in [3.63, 3.8) is 0 Å². The van der Waals surface area contributed by atoms with Gasteiger partial charge in [0.15, 0.2) is 27.8 Å². The zero-order valence-corrected chi connectivity index (χ0v) is 28.0. The molecular weight excluding hydrogens is 660 g/mol. The van der Waals surface area contributed by atoms with Crippen molar-refractivity contribution in [3.05, 3.63) is 113 Å². The topological polar surface area (TPSA) is 97.6 Å². The summed E-state index contributed by atoms with van der Waals surface area (Å²) in [6.45, 7) is 7.05. The van der Waals surface area contributed by atoms with Gasteiger partial charge in [-0.1, -0.05) is 63.2 Å². The van der Waals surface area contributed by atoms with Gasteiger partial charge >= 0.3 is 5.97 Å². The monoisotopic (exact) mass is 692 g/mol. The number of rotatable bonds is 11. The van der Waals surface area contributed by atoms with Gasteiger partial charge in [-0.2, -0.15) is 0 Å². The first-order chi connectivity index (χ1) is 21.8. The van der Waals surface area contributed by atoms with Crippen molar-refractivity contribution < 1.29 is 28.5 Å². The zero-order chi connectivity index (χ0) is 32.1. The number of esters is 1. The SMILES string of the molecule is CCOc1ccc([C@H]2C(C(=O)OC)=CN=c3s/c(=C\c4cc(OC)c(OCc5cccc(C)c5)cc4Br)c(=O)n32)cc1OCC. The minimum Gasteiger partial charge on any atom is -0.493 e. The van der Waals surface area contributed by atoms with E-state index in [4.69, 9.17) is 23.7 Å². The zero-order valence-electron chi connectivity index (χ0n) is 25.6. The molecular formula is C34H33BrN2O7S. The summed E-state index contributed by atoms with van der Waals surface area (Å²) in [5.74, 6) is 1.59. The third-order valence-corrected chi connectivity index (χ3v) is 8.74. The van der Waals surface area contributed by atoms with Crippen LogP contribution in [-0.4, -0.2) is 38.0 Å². The van der Waals surface area contributed by atoms with Crippen LogP contribution < -0.4 is 33.8 Å². The Morgan fingerprint density at radius 3 is 2.44 bits per heavy atom. The molecule has 1 aliphatic heterocycles. The van der Waals surface area contributed by atoms with Crippen LogP contribution in [0.1, 0.15) is 42.1 Å². The third kappa shape index (κ3) is 6.84. The van der Waals surface area contributed by atoms with Crippen molar-refractivity contribution in [2.75, 3.05) is 27.4 Å². The number of hydrogen-bond donors (Lipinski definition) is 0. The lowest BCUT2D eigenvalue weighted by molar-refractivity contribution is -0.136. The van der Waals surface area contributed by atoms with Crippen molar-refractivity contribution in [3.8, 4) is 23.0 Å². The summed E-state index contributed by atoms with van der Waals surface area (Å²) < 4.78 is 31.0. The van der Waals surface area contributed by atoms with E-state index in [0.29, 0.717) is 67.8 Å². The highest BCUT2D eigenvalue weighted by Gasteiger charge is 2.31. The van der Waals surface area contributed by atoms with E-state index >= 15 is 0 Å². The molecule has 1 aliphatic rings. The summed E-state index contributed by atoms with van der Waals surface area (Å²) in [6, 6.07) is 16.3. The number of nitrogens with zero attached hydrogens (tertiary/aromatic N) is 2. The summed E-state index contributed by atoms with van der Waals surface area (Å²) >= 11 is 4.86. The van der Waals surface area contributed by atoms with Crippen molar-refractivity contribution in [1.29, 1.82) is 0 Å². The molecule has 2 heterocycles. The molecule has 0 saturated heterocycles. The Morgan fingerprint density at radius 2 is 1.73 bits per heavy atom. The standard InChI is InChI=1S/C34H33BrN2O7S/c1-6-42-26-12-11-22(14-28(26)43-7-2)31-24(33(39)41-5)18-36-34-37(31)32(38)30(45-34)16-23-15-27(40-4)29(17-25(23)35)44-19-21-10-8-9-20(3)13-21/h8-18,31H,6-7,19H2,1-5H3/b30-16-/t31-/m0/s1. The number of hydrogen-bond acceptors (Lipinski definition) is 9. The molecule has 9 nitrogen and oxygen atoms in total. The summed E-state index contributed by atoms with van der Waals surface area (Å²) in [5.41, 5.74) is 3.47. The van der Waals surface area contributed by atoms with E-state index in [-0.39, 0.29) is 11.1 Å². The molecule has 3 aromatic carbocycles. The Hall–Kier alpha value is -4.35. The molecule has 0 N–H and O–H groups in total. The van der Waals surface area contributed by atoms with Gasteiger partial charge in [0.05, 0.1) is 43.6 Å². The third-order valence-electron chi connectivity index (χ3n) is 7.05. The van der Waals surface area contributed by atoms with E-state index in [2.05, 4.69) is 27.0 Å². The maximum absolute atomic E-state index is 14.0. The van der Waals surface area contributed by atoms with E-state index in [9.17, 15) is 9.59 Å². The molecule has 0 fully saturated rings. The van der Waals surface area contributed by atoms with Gasteiger partial charge < -0.3 is 23.7 Å².